The smallest absolute Gasteiger partial charge is 0.175 e. The van der Waals surface area contributed by atoms with E-state index in [2.05, 4.69) is 71.5 Å². The van der Waals surface area contributed by atoms with Crippen molar-refractivity contribution in [1.82, 2.24) is 5.32 Å². The second-order valence-electron chi connectivity index (χ2n) is 6.98. The predicted molar refractivity (Wildman–Crippen MR) is 117 cm³/mol. The Labute approximate surface area is 172 Å². The Morgan fingerprint density at radius 1 is 1.00 bits per heavy atom. The first-order chi connectivity index (χ1) is 13.1. The molecule has 0 spiro atoms. The molecule has 0 fully saturated rings. The van der Waals surface area contributed by atoms with Crippen molar-refractivity contribution in [2.24, 2.45) is 0 Å². The van der Waals surface area contributed by atoms with Crippen LogP contribution >= 0.6 is 15.9 Å². The lowest BCUT2D eigenvalue weighted by atomic mass is 10.1. The van der Waals surface area contributed by atoms with Crippen LogP contribution in [-0.4, -0.2) is 13.7 Å². The van der Waals surface area contributed by atoms with Gasteiger partial charge in [-0.15, -0.1) is 0 Å². The molecule has 148 valence electrons. The maximum Gasteiger partial charge on any atom is 0.175 e. The van der Waals surface area contributed by atoms with Gasteiger partial charge in [0.2, 0.25) is 0 Å². The molecule has 4 heteroatoms. The fourth-order valence-electron chi connectivity index (χ4n) is 3.06. The van der Waals surface area contributed by atoms with Crippen LogP contribution in [0.2, 0.25) is 0 Å². The molecule has 0 amide bonds. The molecule has 0 aliphatic rings. The van der Waals surface area contributed by atoms with E-state index in [0.29, 0.717) is 6.61 Å². The number of hydrogen-bond acceptors (Lipinski definition) is 3. The molecule has 0 unspecified atom stereocenters. The number of aryl methyl sites for hydroxylation is 1. The lowest BCUT2D eigenvalue weighted by molar-refractivity contribution is 0.282. The molecule has 0 saturated carbocycles. The van der Waals surface area contributed by atoms with E-state index in [0.717, 1.165) is 34.6 Å². The Bertz CT molecular complexity index is 703. The summed E-state index contributed by atoms with van der Waals surface area (Å²) in [5.41, 5.74) is 3.58. The summed E-state index contributed by atoms with van der Waals surface area (Å²) in [6.45, 7) is 6.74. The van der Waals surface area contributed by atoms with Crippen molar-refractivity contribution in [1.29, 1.82) is 0 Å². The third kappa shape index (κ3) is 7.55. The monoisotopic (exact) mass is 433 g/mol. The van der Waals surface area contributed by atoms with Crippen LogP contribution in [0.15, 0.2) is 40.9 Å². The van der Waals surface area contributed by atoms with Crippen molar-refractivity contribution in [2.45, 2.75) is 59.1 Å². The van der Waals surface area contributed by atoms with Gasteiger partial charge in [0.05, 0.1) is 11.6 Å². The highest BCUT2D eigenvalue weighted by molar-refractivity contribution is 9.10. The fourth-order valence-corrected chi connectivity index (χ4v) is 3.66. The number of benzene rings is 2. The minimum atomic E-state index is 0.520. The van der Waals surface area contributed by atoms with Gasteiger partial charge in [0.1, 0.15) is 6.61 Å². The molecule has 0 aliphatic heterocycles. The summed E-state index contributed by atoms with van der Waals surface area (Å²) in [4.78, 5) is 0. The zero-order valence-corrected chi connectivity index (χ0v) is 18.4. The number of ether oxygens (including phenoxy) is 2. The van der Waals surface area contributed by atoms with Gasteiger partial charge in [0.25, 0.3) is 0 Å². The molecule has 0 aliphatic carbocycles. The number of methoxy groups -OCH3 is 1. The van der Waals surface area contributed by atoms with Gasteiger partial charge < -0.3 is 14.8 Å². The van der Waals surface area contributed by atoms with Crippen LogP contribution in [0.5, 0.6) is 11.5 Å². The summed E-state index contributed by atoms with van der Waals surface area (Å²) >= 11 is 3.65. The van der Waals surface area contributed by atoms with E-state index in [1.165, 1.54) is 43.2 Å². The van der Waals surface area contributed by atoms with Crippen molar-refractivity contribution >= 4 is 15.9 Å². The zero-order valence-electron chi connectivity index (χ0n) is 16.8. The number of hydrogen-bond donors (Lipinski definition) is 1. The molecule has 1 N–H and O–H groups in total. The average molecular weight is 434 g/mol. The van der Waals surface area contributed by atoms with Crippen molar-refractivity contribution in [3.8, 4) is 11.5 Å². The number of nitrogens with one attached hydrogen (secondary N) is 1. The quantitative estimate of drug-likeness (QED) is 0.392. The Morgan fingerprint density at radius 2 is 1.81 bits per heavy atom. The fraction of sp³-hybridized carbons (Fsp3) is 0.478. The highest BCUT2D eigenvalue weighted by Crippen LogP contribution is 2.37. The molecule has 2 rings (SSSR count). The SMILES string of the molecule is CCCCCCCNCc1cc(Br)c(OCc2cccc(C)c2)c(OC)c1. The molecule has 0 saturated heterocycles. The van der Waals surface area contributed by atoms with Gasteiger partial charge in [-0.1, -0.05) is 62.4 Å². The van der Waals surface area contributed by atoms with Crippen LogP contribution in [0.25, 0.3) is 0 Å². The van der Waals surface area contributed by atoms with E-state index in [9.17, 15) is 0 Å². The highest BCUT2D eigenvalue weighted by Gasteiger charge is 2.12. The molecule has 0 radical (unpaired) electrons. The lowest BCUT2D eigenvalue weighted by Crippen LogP contribution is -2.14. The van der Waals surface area contributed by atoms with Gasteiger partial charge in [0.15, 0.2) is 11.5 Å². The van der Waals surface area contributed by atoms with Crippen LogP contribution < -0.4 is 14.8 Å². The minimum Gasteiger partial charge on any atom is -0.493 e. The molecular formula is C23H32BrNO2. The van der Waals surface area contributed by atoms with Crippen LogP contribution in [0, 0.1) is 6.92 Å². The van der Waals surface area contributed by atoms with Gasteiger partial charge in [0, 0.05) is 6.54 Å². The van der Waals surface area contributed by atoms with Crippen LogP contribution in [0.4, 0.5) is 0 Å². The van der Waals surface area contributed by atoms with E-state index >= 15 is 0 Å². The molecular weight excluding hydrogens is 402 g/mol. The highest BCUT2D eigenvalue weighted by atomic mass is 79.9. The largest absolute Gasteiger partial charge is 0.493 e. The van der Waals surface area contributed by atoms with E-state index in [1.54, 1.807) is 7.11 Å². The van der Waals surface area contributed by atoms with E-state index in [4.69, 9.17) is 9.47 Å². The van der Waals surface area contributed by atoms with Gasteiger partial charge in [-0.3, -0.25) is 0 Å². The molecule has 2 aromatic carbocycles. The normalized spacial score (nSPS) is 10.8. The van der Waals surface area contributed by atoms with Gasteiger partial charge in [-0.05, 0) is 59.1 Å². The molecule has 0 heterocycles. The summed E-state index contributed by atoms with van der Waals surface area (Å²) in [7, 11) is 1.69. The Morgan fingerprint density at radius 3 is 2.56 bits per heavy atom. The van der Waals surface area contributed by atoms with Gasteiger partial charge in [-0.2, -0.15) is 0 Å². The van der Waals surface area contributed by atoms with E-state index in [1.807, 2.05) is 0 Å². The third-order valence-corrected chi connectivity index (χ3v) is 5.13. The Balaban J connectivity index is 1.90. The maximum absolute atomic E-state index is 6.04. The summed E-state index contributed by atoms with van der Waals surface area (Å²) in [6, 6.07) is 12.5. The van der Waals surface area contributed by atoms with Crippen LogP contribution in [-0.2, 0) is 13.2 Å². The van der Waals surface area contributed by atoms with Gasteiger partial charge in [-0.25, -0.2) is 0 Å². The molecule has 2 aromatic rings. The zero-order chi connectivity index (χ0) is 19.5. The molecule has 3 nitrogen and oxygen atoms in total. The Hall–Kier alpha value is -1.52. The summed E-state index contributed by atoms with van der Waals surface area (Å²) in [6.07, 6.45) is 6.51. The summed E-state index contributed by atoms with van der Waals surface area (Å²) in [5.74, 6) is 1.51. The average Bonchev–Trinajstić information content (AvgIpc) is 2.66. The van der Waals surface area contributed by atoms with E-state index < -0.39 is 0 Å². The first-order valence-corrected chi connectivity index (χ1v) is 10.7. The summed E-state index contributed by atoms with van der Waals surface area (Å²) < 4.78 is 12.5. The van der Waals surface area contributed by atoms with Crippen molar-refractivity contribution in [2.75, 3.05) is 13.7 Å². The van der Waals surface area contributed by atoms with Crippen LogP contribution in [0.1, 0.15) is 55.7 Å². The Kier molecular flexibility index (Phi) is 9.71. The molecule has 27 heavy (non-hydrogen) atoms. The lowest BCUT2D eigenvalue weighted by Gasteiger charge is -2.15. The van der Waals surface area contributed by atoms with Crippen molar-refractivity contribution < 1.29 is 9.47 Å². The standard InChI is InChI=1S/C23H32BrNO2/c1-4-5-6-7-8-12-25-16-20-14-21(24)23(22(15-20)26-3)27-17-19-11-9-10-18(2)13-19/h9-11,13-15,25H,4-8,12,16-17H2,1-3H3. The molecule has 0 aromatic heterocycles. The van der Waals surface area contributed by atoms with Crippen molar-refractivity contribution in [3.63, 3.8) is 0 Å². The first-order valence-electron chi connectivity index (χ1n) is 9.89. The first kappa shape index (κ1) is 21.8. The minimum absolute atomic E-state index is 0.520. The number of halogens is 1. The second kappa shape index (κ2) is 12.0. The predicted octanol–water partition coefficient (Wildman–Crippen LogP) is 6.41. The number of rotatable bonds is 12. The number of unbranched alkanes of at least 4 members (excludes halogenated alkanes) is 4. The maximum atomic E-state index is 6.04. The molecule has 0 atom stereocenters. The van der Waals surface area contributed by atoms with Crippen LogP contribution in [0.3, 0.4) is 0 Å². The van der Waals surface area contributed by atoms with Crippen molar-refractivity contribution in [3.05, 3.63) is 57.6 Å². The molecule has 0 bridgehead atoms. The summed E-state index contributed by atoms with van der Waals surface area (Å²) in [5, 5.41) is 3.52. The second-order valence-corrected chi connectivity index (χ2v) is 7.83. The topological polar surface area (TPSA) is 30.5 Å². The van der Waals surface area contributed by atoms with Gasteiger partial charge >= 0.3 is 0 Å². The van der Waals surface area contributed by atoms with E-state index in [-0.39, 0.29) is 0 Å². The third-order valence-electron chi connectivity index (χ3n) is 4.54.